The number of amides is 1. The van der Waals surface area contributed by atoms with Crippen molar-refractivity contribution in [1.29, 1.82) is 0 Å². The van der Waals surface area contributed by atoms with Gasteiger partial charge in [-0.25, -0.2) is 9.37 Å². The third-order valence-corrected chi connectivity index (χ3v) is 4.84. The number of nitrogens with zero attached hydrogens (tertiary/aromatic N) is 2. The number of hydrogen-bond donors (Lipinski definition) is 1. The lowest BCUT2D eigenvalue weighted by Gasteiger charge is -2.19. The number of aryl methyl sites for hydroxylation is 1. The van der Waals surface area contributed by atoms with Crippen molar-refractivity contribution in [3.8, 4) is 11.1 Å². The Hall–Kier alpha value is -2.95. The predicted molar refractivity (Wildman–Crippen MR) is 98.0 cm³/mol. The van der Waals surface area contributed by atoms with Gasteiger partial charge < -0.3 is 9.88 Å². The van der Waals surface area contributed by atoms with E-state index in [1.807, 2.05) is 36.0 Å². The fraction of sp³-hybridized carbons (Fsp3) is 0.238. The number of halogens is 1. The topological polar surface area (TPSA) is 46.9 Å². The quantitative estimate of drug-likeness (QED) is 0.754. The first-order chi connectivity index (χ1) is 12.6. The van der Waals surface area contributed by atoms with Crippen LogP contribution in [0.3, 0.4) is 0 Å². The van der Waals surface area contributed by atoms with Gasteiger partial charge in [-0.3, -0.25) is 4.79 Å². The first-order valence-electron chi connectivity index (χ1n) is 8.76. The van der Waals surface area contributed by atoms with Crippen LogP contribution in [0.2, 0.25) is 0 Å². The fourth-order valence-electron chi connectivity index (χ4n) is 3.28. The van der Waals surface area contributed by atoms with E-state index < -0.39 is 0 Å². The zero-order valence-electron chi connectivity index (χ0n) is 14.5. The van der Waals surface area contributed by atoms with E-state index in [1.165, 1.54) is 12.1 Å². The average molecular weight is 349 g/mol. The largest absolute Gasteiger partial charge is 0.342 e. The molecular weight excluding hydrogens is 329 g/mol. The number of carbonyl (C=O) groups is 1. The molecule has 0 aliphatic heterocycles. The minimum absolute atomic E-state index is 0.0937. The zero-order chi connectivity index (χ0) is 18.1. The van der Waals surface area contributed by atoms with Crippen LogP contribution in [0.4, 0.5) is 4.39 Å². The molecule has 1 amide bonds. The molecule has 5 heteroatoms. The average Bonchev–Trinajstić information content (AvgIpc) is 3.41. The second kappa shape index (κ2) is 6.75. The normalized spacial score (nSPS) is 14.8. The van der Waals surface area contributed by atoms with Crippen molar-refractivity contribution in [2.45, 2.75) is 18.9 Å². The van der Waals surface area contributed by atoms with E-state index in [9.17, 15) is 9.18 Å². The molecule has 1 saturated carbocycles. The minimum Gasteiger partial charge on any atom is -0.342 e. The Morgan fingerprint density at radius 3 is 2.58 bits per heavy atom. The van der Waals surface area contributed by atoms with Crippen molar-refractivity contribution in [3.63, 3.8) is 0 Å². The van der Waals surface area contributed by atoms with Crippen molar-refractivity contribution >= 4 is 5.91 Å². The molecule has 1 fully saturated rings. The maximum absolute atomic E-state index is 13.2. The van der Waals surface area contributed by atoms with Crippen LogP contribution in [-0.2, 0) is 7.05 Å². The van der Waals surface area contributed by atoms with Crippen LogP contribution in [0.15, 0.2) is 60.9 Å². The van der Waals surface area contributed by atoms with Crippen molar-refractivity contribution in [2.24, 2.45) is 13.0 Å². The number of nitrogens with one attached hydrogen (secondary N) is 1. The molecule has 1 N–H and O–H groups in total. The first kappa shape index (κ1) is 16.5. The van der Waals surface area contributed by atoms with E-state index in [4.69, 9.17) is 0 Å². The van der Waals surface area contributed by atoms with Crippen LogP contribution in [0, 0.1) is 11.7 Å². The number of aromatic nitrogens is 2. The molecule has 0 spiro atoms. The summed E-state index contributed by atoms with van der Waals surface area (Å²) in [5, 5.41) is 3.16. The van der Waals surface area contributed by atoms with Gasteiger partial charge in [0.2, 0.25) is 0 Å². The van der Waals surface area contributed by atoms with Gasteiger partial charge >= 0.3 is 0 Å². The van der Waals surface area contributed by atoms with E-state index in [2.05, 4.69) is 10.3 Å². The van der Waals surface area contributed by atoms with Gasteiger partial charge in [-0.05, 0) is 48.1 Å². The molecule has 1 aromatic heterocycles. The third kappa shape index (κ3) is 3.25. The SMILES string of the molecule is Cn1ccnc1[C@@H](NC(=O)c1ccccc1-c1ccc(F)cc1)C1CC1. The molecule has 0 saturated heterocycles. The highest BCUT2D eigenvalue weighted by Crippen LogP contribution is 2.40. The van der Waals surface area contributed by atoms with E-state index >= 15 is 0 Å². The van der Waals surface area contributed by atoms with Crippen LogP contribution in [0.25, 0.3) is 11.1 Å². The van der Waals surface area contributed by atoms with Crippen LogP contribution < -0.4 is 5.32 Å². The lowest BCUT2D eigenvalue weighted by Crippen LogP contribution is -2.32. The van der Waals surface area contributed by atoms with E-state index in [-0.39, 0.29) is 17.8 Å². The Kier molecular flexibility index (Phi) is 4.29. The molecule has 3 aromatic rings. The number of imidazole rings is 1. The third-order valence-electron chi connectivity index (χ3n) is 4.84. The molecule has 1 atom stereocenters. The van der Waals surface area contributed by atoms with Gasteiger partial charge in [0, 0.05) is 25.0 Å². The molecule has 4 rings (SSSR count). The molecule has 0 bridgehead atoms. The predicted octanol–water partition coefficient (Wildman–Crippen LogP) is 4.11. The Labute approximate surface area is 151 Å². The van der Waals surface area contributed by atoms with Crippen molar-refractivity contribution < 1.29 is 9.18 Å². The Morgan fingerprint density at radius 1 is 1.19 bits per heavy atom. The van der Waals surface area contributed by atoms with Crippen molar-refractivity contribution in [1.82, 2.24) is 14.9 Å². The summed E-state index contributed by atoms with van der Waals surface area (Å²) in [4.78, 5) is 17.5. The Balaban J connectivity index is 1.64. The van der Waals surface area contributed by atoms with E-state index in [0.717, 1.165) is 29.8 Å². The van der Waals surface area contributed by atoms with Gasteiger partial charge in [0.15, 0.2) is 0 Å². The van der Waals surface area contributed by atoms with Gasteiger partial charge in [0.1, 0.15) is 11.6 Å². The summed E-state index contributed by atoms with van der Waals surface area (Å²) >= 11 is 0. The van der Waals surface area contributed by atoms with Crippen molar-refractivity contribution in [3.05, 3.63) is 78.1 Å². The fourth-order valence-corrected chi connectivity index (χ4v) is 3.28. The zero-order valence-corrected chi connectivity index (χ0v) is 14.5. The highest BCUT2D eigenvalue weighted by molar-refractivity contribution is 6.01. The molecule has 132 valence electrons. The maximum Gasteiger partial charge on any atom is 0.252 e. The molecule has 0 unspecified atom stereocenters. The summed E-state index contributed by atoms with van der Waals surface area (Å²) in [5.74, 6) is 0.877. The first-order valence-corrected chi connectivity index (χ1v) is 8.76. The summed E-state index contributed by atoms with van der Waals surface area (Å²) in [6.07, 6.45) is 5.83. The summed E-state index contributed by atoms with van der Waals surface area (Å²) < 4.78 is 15.2. The molecule has 1 aliphatic carbocycles. The molecule has 26 heavy (non-hydrogen) atoms. The molecule has 2 aromatic carbocycles. The van der Waals surface area contributed by atoms with Crippen molar-refractivity contribution in [2.75, 3.05) is 0 Å². The molecule has 0 radical (unpaired) electrons. The van der Waals surface area contributed by atoms with Crippen LogP contribution in [0.5, 0.6) is 0 Å². The maximum atomic E-state index is 13.2. The summed E-state index contributed by atoms with van der Waals surface area (Å²) in [6, 6.07) is 13.5. The highest BCUT2D eigenvalue weighted by atomic mass is 19.1. The van der Waals surface area contributed by atoms with Crippen LogP contribution in [0.1, 0.15) is 35.1 Å². The lowest BCUT2D eigenvalue weighted by molar-refractivity contribution is 0.0929. The second-order valence-electron chi connectivity index (χ2n) is 6.74. The van der Waals surface area contributed by atoms with E-state index in [0.29, 0.717) is 11.5 Å². The number of carbonyl (C=O) groups excluding carboxylic acids is 1. The molecular formula is C21H20FN3O. The van der Waals surface area contributed by atoms with Gasteiger partial charge in [0.05, 0.1) is 6.04 Å². The van der Waals surface area contributed by atoms with Crippen LogP contribution >= 0.6 is 0 Å². The Bertz CT molecular complexity index is 928. The molecule has 1 heterocycles. The van der Waals surface area contributed by atoms with Gasteiger partial charge in [-0.1, -0.05) is 30.3 Å². The molecule has 4 nitrogen and oxygen atoms in total. The summed E-state index contributed by atoms with van der Waals surface area (Å²) in [7, 11) is 1.94. The van der Waals surface area contributed by atoms with Gasteiger partial charge in [-0.2, -0.15) is 0 Å². The van der Waals surface area contributed by atoms with Crippen LogP contribution in [-0.4, -0.2) is 15.5 Å². The highest BCUT2D eigenvalue weighted by Gasteiger charge is 2.36. The second-order valence-corrected chi connectivity index (χ2v) is 6.74. The number of benzene rings is 2. The summed E-state index contributed by atoms with van der Waals surface area (Å²) in [6.45, 7) is 0. The molecule has 1 aliphatic rings. The minimum atomic E-state index is -0.292. The summed E-state index contributed by atoms with van der Waals surface area (Å²) in [5.41, 5.74) is 2.19. The Morgan fingerprint density at radius 2 is 1.92 bits per heavy atom. The smallest absolute Gasteiger partial charge is 0.252 e. The van der Waals surface area contributed by atoms with Gasteiger partial charge in [0.25, 0.3) is 5.91 Å². The number of rotatable bonds is 5. The van der Waals surface area contributed by atoms with E-state index in [1.54, 1.807) is 24.4 Å². The monoisotopic (exact) mass is 349 g/mol. The van der Waals surface area contributed by atoms with Gasteiger partial charge in [-0.15, -0.1) is 0 Å². The standard InChI is InChI=1S/C21H20FN3O/c1-25-13-12-23-20(25)19(15-6-7-15)24-21(26)18-5-3-2-4-17(18)14-8-10-16(22)11-9-14/h2-5,8-13,15,19H,6-7H2,1H3,(H,24,26)/t19-/m0/s1. The number of hydrogen-bond acceptors (Lipinski definition) is 2. The lowest BCUT2D eigenvalue weighted by atomic mass is 9.98.